The van der Waals surface area contributed by atoms with Gasteiger partial charge >= 0.3 is 0 Å². The number of allylic oxidation sites excluding steroid dienone is 1. The average molecular weight is 249 g/mol. The van der Waals surface area contributed by atoms with Gasteiger partial charge < -0.3 is 4.74 Å². The van der Waals surface area contributed by atoms with Crippen molar-refractivity contribution in [3.8, 4) is 11.8 Å². The van der Waals surface area contributed by atoms with Crippen molar-refractivity contribution < 1.29 is 4.74 Å². The van der Waals surface area contributed by atoms with Crippen LogP contribution in [0.5, 0.6) is 5.75 Å². The van der Waals surface area contributed by atoms with E-state index in [4.69, 9.17) is 4.74 Å². The van der Waals surface area contributed by atoms with Gasteiger partial charge in [-0.05, 0) is 48.4 Å². The quantitative estimate of drug-likeness (QED) is 0.607. The van der Waals surface area contributed by atoms with Gasteiger partial charge in [0.2, 0.25) is 0 Å². The van der Waals surface area contributed by atoms with Gasteiger partial charge in [0.15, 0.2) is 0 Å². The van der Waals surface area contributed by atoms with Gasteiger partial charge in [-0.15, -0.1) is 0 Å². The van der Waals surface area contributed by atoms with Crippen molar-refractivity contribution in [2.75, 3.05) is 7.11 Å². The van der Waals surface area contributed by atoms with Crippen LogP contribution in [-0.4, -0.2) is 7.11 Å². The van der Waals surface area contributed by atoms with Crippen molar-refractivity contribution in [1.29, 1.82) is 5.26 Å². The molecule has 0 fully saturated rings. The van der Waals surface area contributed by atoms with Crippen molar-refractivity contribution in [1.82, 2.24) is 0 Å². The van der Waals surface area contributed by atoms with E-state index in [1.807, 2.05) is 61.5 Å². The lowest BCUT2D eigenvalue weighted by molar-refractivity contribution is 0.415. The molecule has 0 aliphatic heterocycles. The standard InChI is InChI=1S/C17H15NO/c1-13-3-5-14(6-4-13)11-16(12-18)15-7-9-17(19-2)10-8-15/h3-11H,1-2H3/b16-11+. The fourth-order valence-corrected chi connectivity index (χ4v) is 1.78. The van der Waals surface area contributed by atoms with E-state index in [1.54, 1.807) is 7.11 Å². The number of nitrogens with zero attached hydrogens (tertiary/aromatic N) is 1. The minimum Gasteiger partial charge on any atom is -0.497 e. The zero-order chi connectivity index (χ0) is 13.7. The molecule has 0 aliphatic carbocycles. The van der Waals surface area contributed by atoms with Gasteiger partial charge in [0.05, 0.1) is 18.8 Å². The Morgan fingerprint density at radius 2 is 1.68 bits per heavy atom. The summed E-state index contributed by atoms with van der Waals surface area (Å²) in [7, 11) is 1.63. The molecule has 0 radical (unpaired) electrons. The van der Waals surface area contributed by atoms with Crippen LogP contribution < -0.4 is 4.74 Å². The number of hydrogen-bond acceptors (Lipinski definition) is 2. The maximum atomic E-state index is 9.27. The molecule has 0 bridgehead atoms. The third-order valence-corrected chi connectivity index (χ3v) is 2.91. The number of benzene rings is 2. The van der Waals surface area contributed by atoms with Crippen molar-refractivity contribution in [2.45, 2.75) is 6.92 Å². The van der Waals surface area contributed by atoms with E-state index in [2.05, 4.69) is 6.07 Å². The van der Waals surface area contributed by atoms with Gasteiger partial charge in [-0.2, -0.15) is 5.26 Å². The van der Waals surface area contributed by atoms with Crippen molar-refractivity contribution in [3.63, 3.8) is 0 Å². The Balaban J connectivity index is 2.33. The first kappa shape index (κ1) is 12.9. The lowest BCUT2D eigenvalue weighted by Gasteiger charge is -2.02. The van der Waals surface area contributed by atoms with Crippen LogP contribution in [0.25, 0.3) is 11.6 Å². The third kappa shape index (κ3) is 3.23. The van der Waals surface area contributed by atoms with Gasteiger partial charge in [-0.3, -0.25) is 0 Å². The highest BCUT2D eigenvalue weighted by molar-refractivity contribution is 5.89. The van der Waals surface area contributed by atoms with E-state index < -0.39 is 0 Å². The minimum absolute atomic E-state index is 0.645. The Bertz CT molecular complexity index is 616. The molecular weight excluding hydrogens is 234 g/mol. The van der Waals surface area contributed by atoms with E-state index in [0.29, 0.717) is 5.57 Å². The van der Waals surface area contributed by atoms with E-state index in [-0.39, 0.29) is 0 Å². The first-order valence-corrected chi connectivity index (χ1v) is 6.06. The maximum absolute atomic E-state index is 9.27. The Morgan fingerprint density at radius 1 is 1.05 bits per heavy atom. The molecule has 0 saturated heterocycles. The van der Waals surface area contributed by atoms with E-state index >= 15 is 0 Å². The van der Waals surface area contributed by atoms with Crippen LogP contribution in [0.3, 0.4) is 0 Å². The fourth-order valence-electron chi connectivity index (χ4n) is 1.78. The van der Waals surface area contributed by atoms with Crippen molar-refractivity contribution in [2.24, 2.45) is 0 Å². The Morgan fingerprint density at radius 3 is 2.21 bits per heavy atom. The molecule has 94 valence electrons. The molecule has 2 nitrogen and oxygen atoms in total. The minimum atomic E-state index is 0.645. The summed E-state index contributed by atoms with van der Waals surface area (Å²) in [4.78, 5) is 0. The summed E-state index contributed by atoms with van der Waals surface area (Å²) in [6.45, 7) is 2.04. The Kier molecular flexibility index (Phi) is 4.00. The lowest BCUT2D eigenvalue weighted by Crippen LogP contribution is -1.85. The molecule has 0 amide bonds. The second kappa shape index (κ2) is 5.88. The molecule has 0 aliphatic rings. The molecule has 0 N–H and O–H groups in total. The van der Waals surface area contributed by atoms with Crippen LogP contribution in [0.4, 0.5) is 0 Å². The number of rotatable bonds is 3. The summed E-state index contributed by atoms with van der Waals surface area (Å²) in [5, 5.41) is 9.27. The molecule has 0 heterocycles. The molecule has 2 heteroatoms. The van der Waals surface area contributed by atoms with Crippen molar-refractivity contribution >= 4 is 11.6 Å². The second-order valence-electron chi connectivity index (χ2n) is 4.31. The van der Waals surface area contributed by atoms with E-state index in [9.17, 15) is 5.26 Å². The maximum Gasteiger partial charge on any atom is 0.118 e. The summed E-state index contributed by atoms with van der Waals surface area (Å²) in [5.74, 6) is 0.788. The number of methoxy groups -OCH3 is 1. The SMILES string of the molecule is COc1ccc(/C(C#N)=C/c2ccc(C)cc2)cc1. The predicted octanol–water partition coefficient (Wildman–Crippen LogP) is 4.07. The van der Waals surface area contributed by atoms with Gasteiger partial charge in [0.25, 0.3) is 0 Å². The Labute approximate surface area is 113 Å². The zero-order valence-corrected chi connectivity index (χ0v) is 11.1. The van der Waals surface area contributed by atoms with Crippen LogP contribution in [0.1, 0.15) is 16.7 Å². The average Bonchev–Trinajstić information content (AvgIpc) is 2.47. The molecule has 0 atom stereocenters. The highest BCUT2D eigenvalue weighted by Crippen LogP contribution is 2.20. The first-order chi connectivity index (χ1) is 9.22. The molecular formula is C17H15NO. The predicted molar refractivity (Wildman–Crippen MR) is 77.7 cm³/mol. The highest BCUT2D eigenvalue weighted by atomic mass is 16.5. The van der Waals surface area contributed by atoms with Crippen LogP contribution in [0.15, 0.2) is 48.5 Å². The molecule has 0 unspecified atom stereocenters. The summed E-state index contributed by atoms with van der Waals surface area (Å²) in [6.07, 6.45) is 1.89. The smallest absolute Gasteiger partial charge is 0.118 e. The number of nitriles is 1. The fraction of sp³-hybridized carbons (Fsp3) is 0.118. The number of hydrogen-bond donors (Lipinski definition) is 0. The molecule has 2 aromatic carbocycles. The topological polar surface area (TPSA) is 33.0 Å². The zero-order valence-electron chi connectivity index (χ0n) is 11.1. The molecule has 2 aromatic rings. The van der Waals surface area contributed by atoms with Gasteiger partial charge in [0, 0.05) is 0 Å². The number of aryl methyl sites for hydroxylation is 1. The van der Waals surface area contributed by atoms with Crippen LogP contribution in [0, 0.1) is 18.3 Å². The monoisotopic (exact) mass is 249 g/mol. The van der Waals surface area contributed by atoms with Crippen molar-refractivity contribution in [3.05, 3.63) is 65.2 Å². The van der Waals surface area contributed by atoms with Gasteiger partial charge in [-0.25, -0.2) is 0 Å². The Hall–Kier alpha value is -2.53. The largest absolute Gasteiger partial charge is 0.497 e. The van der Waals surface area contributed by atoms with Gasteiger partial charge in [-0.1, -0.05) is 29.8 Å². The van der Waals surface area contributed by atoms with Crippen LogP contribution >= 0.6 is 0 Å². The van der Waals surface area contributed by atoms with Crippen LogP contribution in [-0.2, 0) is 0 Å². The summed E-state index contributed by atoms with van der Waals surface area (Å²) < 4.78 is 5.11. The second-order valence-corrected chi connectivity index (χ2v) is 4.31. The lowest BCUT2D eigenvalue weighted by atomic mass is 10.0. The summed E-state index contributed by atoms with van der Waals surface area (Å²) in [5.41, 5.74) is 3.77. The molecule has 19 heavy (non-hydrogen) atoms. The summed E-state index contributed by atoms with van der Waals surface area (Å²) >= 11 is 0. The molecule has 0 spiro atoms. The van der Waals surface area contributed by atoms with E-state index in [1.165, 1.54) is 5.56 Å². The number of ether oxygens (including phenoxy) is 1. The van der Waals surface area contributed by atoms with Crippen LogP contribution in [0.2, 0.25) is 0 Å². The molecule has 0 aromatic heterocycles. The first-order valence-electron chi connectivity index (χ1n) is 6.06. The molecule has 0 saturated carbocycles. The normalized spacial score (nSPS) is 10.9. The van der Waals surface area contributed by atoms with Gasteiger partial charge in [0.1, 0.15) is 5.75 Å². The summed E-state index contributed by atoms with van der Waals surface area (Å²) in [6, 6.07) is 17.8. The molecule has 2 rings (SSSR count). The third-order valence-electron chi connectivity index (χ3n) is 2.91. The highest BCUT2D eigenvalue weighted by Gasteiger charge is 2.01. The van der Waals surface area contributed by atoms with E-state index in [0.717, 1.165) is 16.9 Å².